The molecule has 0 radical (unpaired) electrons. The lowest BCUT2D eigenvalue weighted by atomic mass is 10.2. The summed E-state index contributed by atoms with van der Waals surface area (Å²) in [5.74, 6) is 2.51. The fourth-order valence-corrected chi connectivity index (χ4v) is 2.10. The van der Waals surface area contributed by atoms with Crippen molar-refractivity contribution in [2.75, 3.05) is 26.4 Å². The van der Waals surface area contributed by atoms with Crippen molar-refractivity contribution < 1.29 is 5.11 Å². The third-order valence-corrected chi connectivity index (χ3v) is 2.90. The summed E-state index contributed by atoms with van der Waals surface area (Å²) in [4.78, 5) is 2.18. The maximum Gasteiger partial charge on any atom is 0.115 e. The van der Waals surface area contributed by atoms with Crippen molar-refractivity contribution in [3.05, 3.63) is 29.8 Å². The minimum atomic E-state index is 0.340. The van der Waals surface area contributed by atoms with E-state index in [1.807, 2.05) is 23.9 Å². The molecule has 1 aromatic carbocycles. The van der Waals surface area contributed by atoms with Gasteiger partial charge < -0.3 is 10.0 Å². The van der Waals surface area contributed by atoms with Crippen LogP contribution in [0, 0.1) is 0 Å². The molecular weight excluding hydrogens is 194 g/mol. The van der Waals surface area contributed by atoms with E-state index >= 15 is 0 Å². The van der Waals surface area contributed by atoms with Gasteiger partial charge in [-0.15, -0.1) is 0 Å². The van der Waals surface area contributed by atoms with Gasteiger partial charge in [0.15, 0.2) is 0 Å². The Bertz CT molecular complexity index is 258. The van der Waals surface area contributed by atoms with E-state index in [1.165, 1.54) is 5.56 Å². The number of aromatic hydroxyl groups is 1. The Hall–Kier alpha value is -0.670. The molecule has 3 heteroatoms. The number of nitrogens with zero attached hydrogens (tertiary/aromatic N) is 1. The first-order valence-corrected chi connectivity index (χ1v) is 5.84. The second kappa shape index (κ2) is 5.94. The average Bonchev–Trinajstić information content (AvgIpc) is 2.15. The van der Waals surface area contributed by atoms with Crippen molar-refractivity contribution in [2.24, 2.45) is 0 Å². The third kappa shape index (κ3) is 4.53. The van der Waals surface area contributed by atoms with Gasteiger partial charge >= 0.3 is 0 Å². The topological polar surface area (TPSA) is 23.5 Å². The molecule has 2 nitrogen and oxygen atoms in total. The number of hydrogen-bond donors (Lipinski definition) is 1. The minimum Gasteiger partial charge on any atom is -0.508 e. The minimum absolute atomic E-state index is 0.340. The van der Waals surface area contributed by atoms with Crippen LogP contribution < -0.4 is 0 Å². The van der Waals surface area contributed by atoms with Crippen molar-refractivity contribution in [1.29, 1.82) is 0 Å². The van der Waals surface area contributed by atoms with Crippen molar-refractivity contribution >= 4 is 11.8 Å². The highest BCUT2D eigenvalue weighted by molar-refractivity contribution is 7.98. The first kappa shape index (κ1) is 11.4. The summed E-state index contributed by atoms with van der Waals surface area (Å²) < 4.78 is 0. The predicted molar refractivity (Wildman–Crippen MR) is 62.8 cm³/mol. The normalized spacial score (nSPS) is 10.8. The molecule has 0 spiro atoms. The van der Waals surface area contributed by atoms with Gasteiger partial charge in [-0.3, -0.25) is 0 Å². The molecule has 1 N–H and O–H groups in total. The van der Waals surface area contributed by atoms with Gasteiger partial charge in [-0.05, 0) is 31.8 Å². The Morgan fingerprint density at radius 1 is 1.21 bits per heavy atom. The summed E-state index contributed by atoms with van der Waals surface area (Å²) in [6, 6.07) is 7.42. The van der Waals surface area contributed by atoms with Crippen LogP contribution in [-0.4, -0.2) is 36.4 Å². The Kier molecular flexibility index (Phi) is 4.84. The molecular formula is C11H17NOS. The smallest absolute Gasteiger partial charge is 0.115 e. The summed E-state index contributed by atoms with van der Waals surface area (Å²) in [6.45, 7) is 1.11. The molecule has 0 aliphatic heterocycles. The molecule has 0 aromatic heterocycles. The molecule has 14 heavy (non-hydrogen) atoms. The van der Waals surface area contributed by atoms with Crippen molar-refractivity contribution in [3.63, 3.8) is 0 Å². The first-order chi connectivity index (χ1) is 6.68. The quantitative estimate of drug-likeness (QED) is 0.755. The predicted octanol–water partition coefficient (Wildman–Crippen LogP) is 2.19. The fourth-order valence-electron chi connectivity index (χ4n) is 1.03. The highest BCUT2D eigenvalue weighted by Crippen LogP contribution is 2.15. The number of phenolic OH excluding ortho intramolecular Hbond substituents is 1. The largest absolute Gasteiger partial charge is 0.508 e. The summed E-state index contributed by atoms with van der Waals surface area (Å²) in [7, 11) is 4.17. The van der Waals surface area contributed by atoms with E-state index < -0.39 is 0 Å². The standard InChI is InChI=1S/C11H17NOS/c1-12(2)7-8-14-9-10-3-5-11(13)6-4-10/h3-6,13H,7-9H2,1-2H3. The molecule has 0 aliphatic rings. The van der Waals surface area contributed by atoms with Gasteiger partial charge in [0.2, 0.25) is 0 Å². The Morgan fingerprint density at radius 3 is 2.43 bits per heavy atom. The highest BCUT2D eigenvalue weighted by atomic mass is 32.2. The molecule has 1 aromatic rings. The molecule has 0 bridgehead atoms. The molecule has 0 aliphatic carbocycles. The van der Waals surface area contributed by atoms with Gasteiger partial charge in [0.05, 0.1) is 0 Å². The van der Waals surface area contributed by atoms with E-state index in [1.54, 1.807) is 12.1 Å². The molecule has 0 unspecified atom stereocenters. The van der Waals surface area contributed by atoms with E-state index in [4.69, 9.17) is 5.11 Å². The summed E-state index contributed by atoms with van der Waals surface area (Å²) in [5.41, 5.74) is 1.27. The third-order valence-electron chi connectivity index (χ3n) is 1.89. The van der Waals surface area contributed by atoms with Gasteiger partial charge in [0, 0.05) is 18.1 Å². The van der Waals surface area contributed by atoms with Crippen LogP contribution in [0.1, 0.15) is 5.56 Å². The lowest BCUT2D eigenvalue weighted by Gasteiger charge is -2.08. The number of phenols is 1. The molecule has 0 heterocycles. The maximum absolute atomic E-state index is 9.09. The van der Waals surface area contributed by atoms with Crippen LogP contribution in [0.3, 0.4) is 0 Å². The molecule has 0 saturated carbocycles. The second-order valence-electron chi connectivity index (χ2n) is 3.52. The number of thioether (sulfide) groups is 1. The van der Waals surface area contributed by atoms with E-state index in [0.29, 0.717) is 5.75 Å². The van der Waals surface area contributed by atoms with E-state index in [2.05, 4.69) is 19.0 Å². The van der Waals surface area contributed by atoms with E-state index in [9.17, 15) is 0 Å². The van der Waals surface area contributed by atoms with Gasteiger partial charge in [0.1, 0.15) is 5.75 Å². The molecule has 1 rings (SSSR count). The Morgan fingerprint density at radius 2 is 1.86 bits per heavy atom. The zero-order valence-electron chi connectivity index (χ0n) is 8.73. The SMILES string of the molecule is CN(C)CCSCc1ccc(O)cc1. The lowest BCUT2D eigenvalue weighted by molar-refractivity contribution is 0.437. The summed E-state index contributed by atoms with van der Waals surface area (Å²) in [5, 5.41) is 9.09. The summed E-state index contributed by atoms with van der Waals surface area (Å²) in [6.07, 6.45) is 0. The Labute approximate surface area is 89.9 Å². The van der Waals surface area contributed by atoms with Crippen LogP contribution in [-0.2, 0) is 5.75 Å². The van der Waals surface area contributed by atoms with Crippen LogP contribution in [0.4, 0.5) is 0 Å². The van der Waals surface area contributed by atoms with Gasteiger partial charge in [-0.2, -0.15) is 11.8 Å². The van der Waals surface area contributed by atoms with Crippen LogP contribution in [0.5, 0.6) is 5.75 Å². The first-order valence-electron chi connectivity index (χ1n) is 4.69. The van der Waals surface area contributed by atoms with Crippen LogP contribution >= 0.6 is 11.8 Å². The van der Waals surface area contributed by atoms with E-state index in [0.717, 1.165) is 18.1 Å². The highest BCUT2D eigenvalue weighted by Gasteiger charge is 1.95. The number of benzene rings is 1. The zero-order chi connectivity index (χ0) is 10.4. The number of hydrogen-bond acceptors (Lipinski definition) is 3. The molecule has 0 fully saturated rings. The van der Waals surface area contributed by atoms with Crippen LogP contribution in [0.2, 0.25) is 0 Å². The molecule has 78 valence electrons. The molecule has 0 atom stereocenters. The maximum atomic E-state index is 9.09. The van der Waals surface area contributed by atoms with E-state index in [-0.39, 0.29) is 0 Å². The lowest BCUT2D eigenvalue weighted by Crippen LogP contribution is -2.14. The number of rotatable bonds is 5. The van der Waals surface area contributed by atoms with Gasteiger partial charge in [0.25, 0.3) is 0 Å². The second-order valence-corrected chi connectivity index (χ2v) is 4.63. The molecule has 0 saturated heterocycles. The summed E-state index contributed by atoms with van der Waals surface area (Å²) >= 11 is 1.92. The van der Waals surface area contributed by atoms with Crippen LogP contribution in [0.15, 0.2) is 24.3 Å². The van der Waals surface area contributed by atoms with Crippen molar-refractivity contribution in [3.8, 4) is 5.75 Å². The van der Waals surface area contributed by atoms with Crippen molar-refractivity contribution in [2.45, 2.75) is 5.75 Å². The van der Waals surface area contributed by atoms with Crippen LogP contribution in [0.25, 0.3) is 0 Å². The Balaban J connectivity index is 2.21. The van der Waals surface area contributed by atoms with Crippen molar-refractivity contribution in [1.82, 2.24) is 4.90 Å². The monoisotopic (exact) mass is 211 g/mol. The van der Waals surface area contributed by atoms with Gasteiger partial charge in [-0.1, -0.05) is 12.1 Å². The van der Waals surface area contributed by atoms with Gasteiger partial charge in [-0.25, -0.2) is 0 Å². The zero-order valence-corrected chi connectivity index (χ0v) is 9.55. The molecule has 0 amide bonds. The fraction of sp³-hybridized carbons (Fsp3) is 0.455. The average molecular weight is 211 g/mol.